The summed E-state index contributed by atoms with van der Waals surface area (Å²) in [5.74, 6) is 0.546. The average molecular weight is 333 g/mol. The fourth-order valence-electron chi connectivity index (χ4n) is 3.85. The Morgan fingerprint density at radius 3 is 2.70 bits per heavy atom. The molecular formula is C19H25ClN2O. The summed E-state index contributed by atoms with van der Waals surface area (Å²) in [6.07, 6.45) is 6.92. The van der Waals surface area contributed by atoms with Crippen molar-refractivity contribution in [1.82, 2.24) is 0 Å². The second-order valence-corrected chi connectivity index (χ2v) is 7.96. The molecule has 0 spiro atoms. The third kappa shape index (κ3) is 3.60. The van der Waals surface area contributed by atoms with E-state index in [1.165, 1.54) is 19.3 Å². The molecule has 124 valence electrons. The van der Waals surface area contributed by atoms with Crippen molar-refractivity contribution < 1.29 is 4.79 Å². The van der Waals surface area contributed by atoms with Crippen LogP contribution in [0, 0.1) is 5.92 Å². The van der Waals surface area contributed by atoms with Crippen LogP contribution in [-0.4, -0.2) is 17.0 Å². The highest BCUT2D eigenvalue weighted by molar-refractivity contribution is 6.33. The highest BCUT2D eigenvalue weighted by Crippen LogP contribution is 2.34. The quantitative estimate of drug-likeness (QED) is 0.823. The number of ketones is 1. The number of benzene rings is 1. The van der Waals surface area contributed by atoms with Crippen molar-refractivity contribution >= 4 is 28.8 Å². The van der Waals surface area contributed by atoms with E-state index in [-0.39, 0.29) is 11.5 Å². The number of rotatable bonds is 3. The lowest BCUT2D eigenvalue weighted by atomic mass is 9.81. The highest BCUT2D eigenvalue weighted by Gasteiger charge is 2.30. The smallest absolute Gasteiger partial charge is 0.141 e. The van der Waals surface area contributed by atoms with Gasteiger partial charge in [0.15, 0.2) is 0 Å². The fourth-order valence-corrected chi connectivity index (χ4v) is 4.03. The zero-order valence-electron chi connectivity index (χ0n) is 14.0. The Morgan fingerprint density at radius 2 is 2.00 bits per heavy atom. The SMILES string of the molecule is CC1(C)Cc2cc(Cl)c(N)cc2C(CC(=O)C2CCCCC2)=N1. The van der Waals surface area contributed by atoms with E-state index in [4.69, 9.17) is 22.3 Å². The van der Waals surface area contributed by atoms with Gasteiger partial charge in [-0.05, 0) is 50.8 Å². The van der Waals surface area contributed by atoms with Crippen LogP contribution in [0.5, 0.6) is 0 Å². The molecule has 0 atom stereocenters. The third-order valence-electron chi connectivity index (χ3n) is 5.00. The fraction of sp³-hybridized carbons (Fsp3) is 0.579. The van der Waals surface area contributed by atoms with E-state index in [0.29, 0.717) is 22.9 Å². The van der Waals surface area contributed by atoms with Crippen LogP contribution in [0.25, 0.3) is 0 Å². The maximum absolute atomic E-state index is 12.7. The van der Waals surface area contributed by atoms with Crippen LogP contribution < -0.4 is 5.73 Å². The number of carbonyl (C=O) groups excluding carboxylic acids is 1. The summed E-state index contributed by atoms with van der Waals surface area (Å²) in [6, 6.07) is 3.83. The molecule has 3 nitrogen and oxygen atoms in total. The number of Topliss-reactive ketones (excluding diaryl/α,β-unsaturated/α-hetero) is 1. The lowest BCUT2D eigenvalue weighted by Gasteiger charge is -2.30. The maximum Gasteiger partial charge on any atom is 0.141 e. The van der Waals surface area contributed by atoms with Crippen LogP contribution in [0.15, 0.2) is 17.1 Å². The number of carbonyl (C=O) groups is 1. The van der Waals surface area contributed by atoms with Crippen molar-refractivity contribution in [3.8, 4) is 0 Å². The summed E-state index contributed by atoms with van der Waals surface area (Å²) in [5, 5.41) is 0.583. The summed E-state index contributed by atoms with van der Waals surface area (Å²) >= 11 is 6.18. The van der Waals surface area contributed by atoms with Crippen molar-refractivity contribution in [2.45, 2.75) is 64.3 Å². The number of fused-ring (bicyclic) bond motifs is 1. The molecule has 4 heteroatoms. The molecule has 0 amide bonds. The lowest BCUT2D eigenvalue weighted by molar-refractivity contribution is -0.122. The number of hydrogen-bond donors (Lipinski definition) is 1. The van der Waals surface area contributed by atoms with Gasteiger partial charge in [-0.25, -0.2) is 0 Å². The van der Waals surface area contributed by atoms with E-state index in [1.54, 1.807) is 0 Å². The summed E-state index contributed by atoms with van der Waals surface area (Å²) in [6.45, 7) is 4.20. The van der Waals surface area contributed by atoms with Gasteiger partial charge in [0.25, 0.3) is 0 Å². The second-order valence-electron chi connectivity index (χ2n) is 7.56. The van der Waals surface area contributed by atoms with Crippen LogP contribution in [0.1, 0.15) is 63.5 Å². The summed E-state index contributed by atoms with van der Waals surface area (Å²) in [7, 11) is 0. The number of halogens is 1. The second kappa shape index (κ2) is 6.27. The van der Waals surface area contributed by atoms with Gasteiger partial charge in [-0.2, -0.15) is 0 Å². The van der Waals surface area contributed by atoms with Crippen LogP contribution in [0.2, 0.25) is 5.02 Å². The minimum absolute atomic E-state index is 0.200. The van der Waals surface area contributed by atoms with Crippen molar-refractivity contribution in [1.29, 1.82) is 0 Å². The van der Waals surface area contributed by atoms with E-state index in [0.717, 1.165) is 36.1 Å². The van der Waals surface area contributed by atoms with Crippen LogP contribution >= 0.6 is 11.6 Å². The molecule has 0 bridgehead atoms. The Morgan fingerprint density at radius 1 is 1.30 bits per heavy atom. The molecular weight excluding hydrogens is 308 g/mol. The van der Waals surface area contributed by atoms with E-state index in [2.05, 4.69) is 13.8 Å². The van der Waals surface area contributed by atoms with Gasteiger partial charge in [0.05, 0.1) is 22.0 Å². The van der Waals surface area contributed by atoms with E-state index in [1.807, 2.05) is 12.1 Å². The van der Waals surface area contributed by atoms with Gasteiger partial charge < -0.3 is 5.73 Å². The van der Waals surface area contributed by atoms with Gasteiger partial charge in [0, 0.05) is 17.9 Å². The molecule has 0 unspecified atom stereocenters. The summed E-state index contributed by atoms with van der Waals surface area (Å²) in [4.78, 5) is 17.6. The molecule has 2 aliphatic rings. The standard InChI is InChI=1S/C19H25ClN2O/c1-19(2)11-13-8-15(20)16(21)9-14(13)17(22-19)10-18(23)12-6-4-3-5-7-12/h8-9,12H,3-7,10-11,21H2,1-2H3. The van der Waals surface area contributed by atoms with Crippen molar-refractivity contribution in [2.75, 3.05) is 5.73 Å². The average Bonchev–Trinajstić information content (AvgIpc) is 2.49. The zero-order valence-corrected chi connectivity index (χ0v) is 14.7. The first kappa shape index (κ1) is 16.5. The number of anilines is 1. The topological polar surface area (TPSA) is 55.5 Å². The molecule has 1 aliphatic carbocycles. The highest BCUT2D eigenvalue weighted by atomic mass is 35.5. The van der Waals surface area contributed by atoms with Gasteiger partial charge >= 0.3 is 0 Å². The van der Waals surface area contributed by atoms with Crippen LogP contribution in [-0.2, 0) is 11.2 Å². The number of nitrogens with two attached hydrogens (primary N) is 1. The number of nitrogen functional groups attached to an aromatic ring is 1. The van der Waals surface area contributed by atoms with E-state index < -0.39 is 0 Å². The molecule has 1 saturated carbocycles. The largest absolute Gasteiger partial charge is 0.398 e. The molecule has 2 N–H and O–H groups in total. The summed E-state index contributed by atoms with van der Waals surface area (Å²) < 4.78 is 0. The Bertz CT molecular complexity index is 658. The molecule has 3 rings (SSSR count). The van der Waals surface area contributed by atoms with Gasteiger partial charge in [-0.15, -0.1) is 0 Å². The number of hydrogen-bond acceptors (Lipinski definition) is 3. The predicted molar refractivity (Wildman–Crippen MR) is 96.4 cm³/mol. The third-order valence-corrected chi connectivity index (χ3v) is 5.32. The first-order valence-corrected chi connectivity index (χ1v) is 8.93. The maximum atomic E-state index is 12.7. The minimum Gasteiger partial charge on any atom is -0.398 e. The first-order valence-electron chi connectivity index (χ1n) is 8.55. The van der Waals surface area contributed by atoms with Gasteiger partial charge in [0.1, 0.15) is 5.78 Å². The summed E-state index contributed by atoms with van der Waals surface area (Å²) in [5.41, 5.74) is 9.38. The minimum atomic E-state index is -0.200. The molecule has 0 aromatic heterocycles. The molecule has 1 fully saturated rings. The van der Waals surface area contributed by atoms with Gasteiger partial charge in [-0.3, -0.25) is 9.79 Å². The normalized spacial score (nSPS) is 20.7. The zero-order chi connectivity index (χ0) is 16.6. The van der Waals surface area contributed by atoms with Crippen molar-refractivity contribution in [2.24, 2.45) is 10.9 Å². The van der Waals surface area contributed by atoms with Gasteiger partial charge in [-0.1, -0.05) is 30.9 Å². The molecule has 0 radical (unpaired) electrons. The lowest BCUT2D eigenvalue weighted by Crippen LogP contribution is -2.31. The molecule has 23 heavy (non-hydrogen) atoms. The molecule has 1 aromatic rings. The van der Waals surface area contributed by atoms with Crippen LogP contribution in [0.4, 0.5) is 5.69 Å². The number of nitrogens with zero attached hydrogens (tertiary/aromatic N) is 1. The monoisotopic (exact) mass is 332 g/mol. The Kier molecular flexibility index (Phi) is 4.50. The first-order chi connectivity index (χ1) is 10.9. The number of aliphatic imine (C=N–C) groups is 1. The molecule has 0 saturated heterocycles. The van der Waals surface area contributed by atoms with Crippen molar-refractivity contribution in [3.63, 3.8) is 0 Å². The van der Waals surface area contributed by atoms with Crippen molar-refractivity contribution in [3.05, 3.63) is 28.3 Å². The Hall–Kier alpha value is -1.35. The van der Waals surface area contributed by atoms with Gasteiger partial charge in [0.2, 0.25) is 0 Å². The Labute approximate surface area is 143 Å². The van der Waals surface area contributed by atoms with E-state index >= 15 is 0 Å². The molecule has 1 heterocycles. The molecule has 1 aromatic carbocycles. The molecule has 1 aliphatic heterocycles. The van der Waals surface area contributed by atoms with Crippen LogP contribution in [0.3, 0.4) is 0 Å². The Balaban J connectivity index is 1.89. The van der Waals surface area contributed by atoms with E-state index in [9.17, 15) is 4.79 Å². The predicted octanol–water partition coefficient (Wildman–Crippen LogP) is 4.59.